The van der Waals surface area contributed by atoms with Crippen molar-refractivity contribution in [3.8, 4) is 5.75 Å². The predicted molar refractivity (Wildman–Crippen MR) is 91.0 cm³/mol. The van der Waals surface area contributed by atoms with Crippen LogP contribution in [0.2, 0.25) is 0 Å². The summed E-state index contributed by atoms with van der Waals surface area (Å²) in [7, 11) is 0. The van der Waals surface area contributed by atoms with Crippen molar-refractivity contribution in [2.24, 2.45) is 0 Å². The van der Waals surface area contributed by atoms with Gasteiger partial charge in [0.1, 0.15) is 11.6 Å². The minimum absolute atomic E-state index is 0.00926. The maximum absolute atomic E-state index is 12.4. The van der Waals surface area contributed by atoms with Gasteiger partial charge in [-0.2, -0.15) is 0 Å². The van der Waals surface area contributed by atoms with Gasteiger partial charge in [-0.15, -0.1) is 11.8 Å². The average molecular weight is 319 g/mol. The molecule has 2 aromatic rings. The van der Waals surface area contributed by atoms with Gasteiger partial charge in [0.15, 0.2) is 0 Å². The van der Waals surface area contributed by atoms with E-state index >= 15 is 0 Å². The molecule has 0 radical (unpaired) electrons. The van der Waals surface area contributed by atoms with E-state index in [2.05, 4.69) is 35.6 Å². The van der Waals surface area contributed by atoms with E-state index in [1.807, 2.05) is 11.8 Å². The van der Waals surface area contributed by atoms with Gasteiger partial charge in [-0.1, -0.05) is 24.3 Å². The highest BCUT2D eigenvalue weighted by Crippen LogP contribution is 2.28. The Morgan fingerprint density at radius 3 is 2.32 bits per heavy atom. The number of rotatable bonds is 2. The monoisotopic (exact) mass is 319 g/mol. The molecule has 0 unspecified atom stereocenters. The molecule has 1 heterocycles. The second-order valence-electron chi connectivity index (χ2n) is 5.26. The maximum atomic E-state index is 12.4. The summed E-state index contributed by atoms with van der Waals surface area (Å²) in [5, 5.41) is 13.1. The van der Waals surface area contributed by atoms with Gasteiger partial charge in [0, 0.05) is 15.7 Å². The highest BCUT2D eigenvalue weighted by Gasteiger charge is 2.13. The van der Waals surface area contributed by atoms with Gasteiger partial charge < -0.3 is 10.4 Å². The summed E-state index contributed by atoms with van der Waals surface area (Å²) < 4.78 is 12.4. The van der Waals surface area contributed by atoms with E-state index < -0.39 is 0 Å². The van der Waals surface area contributed by atoms with Gasteiger partial charge in [0.25, 0.3) is 0 Å². The van der Waals surface area contributed by atoms with Crippen LogP contribution in [0.1, 0.15) is 18.4 Å². The minimum Gasteiger partial charge on any atom is -0.508 e. The number of aromatic hydroxyl groups is 1. The van der Waals surface area contributed by atoms with Crippen LogP contribution in [-0.2, 0) is 0 Å². The Kier molecular flexibility index (Phi) is 6.74. The molecule has 1 saturated heterocycles. The Morgan fingerprint density at radius 2 is 1.73 bits per heavy atom. The largest absolute Gasteiger partial charge is 0.508 e. The molecule has 3 rings (SSSR count). The van der Waals surface area contributed by atoms with Crippen molar-refractivity contribution in [3.63, 3.8) is 0 Å². The molecule has 2 nitrogen and oxygen atoms in total. The van der Waals surface area contributed by atoms with Crippen LogP contribution in [0.4, 0.5) is 4.39 Å². The zero-order valence-electron chi connectivity index (χ0n) is 12.8. The first kappa shape index (κ1) is 16.8. The number of phenolic OH excluding ortho intramolecular Hbond substituents is 1. The van der Waals surface area contributed by atoms with E-state index in [1.165, 1.54) is 55.9 Å². The molecule has 0 amide bonds. The van der Waals surface area contributed by atoms with Crippen molar-refractivity contribution in [1.82, 2.24) is 5.32 Å². The molecular weight excluding hydrogens is 297 g/mol. The van der Waals surface area contributed by atoms with Gasteiger partial charge in [0.2, 0.25) is 0 Å². The highest BCUT2D eigenvalue weighted by atomic mass is 32.2. The van der Waals surface area contributed by atoms with Gasteiger partial charge in [-0.05, 0) is 57.1 Å². The first-order valence-electron chi connectivity index (χ1n) is 7.53. The molecule has 1 fully saturated rings. The molecule has 2 aromatic carbocycles. The second-order valence-corrected chi connectivity index (χ2v) is 6.64. The number of piperidine rings is 1. The van der Waals surface area contributed by atoms with E-state index in [0.29, 0.717) is 5.56 Å². The zero-order chi connectivity index (χ0) is 15.8. The van der Waals surface area contributed by atoms with Gasteiger partial charge >= 0.3 is 0 Å². The third kappa shape index (κ3) is 5.35. The predicted octanol–water partition coefficient (Wildman–Crippen LogP) is 4.37. The van der Waals surface area contributed by atoms with Crippen LogP contribution in [0.25, 0.3) is 0 Å². The van der Waals surface area contributed by atoms with Crippen LogP contribution >= 0.6 is 11.8 Å². The third-order valence-corrected chi connectivity index (χ3v) is 4.92. The number of halogens is 1. The molecule has 0 aliphatic carbocycles. The first-order valence-corrected chi connectivity index (χ1v) is 8.41. The van der Waals surface area contributed by atoms with E-state index in [1.54, 1.807) is 0 Å². The smallest absolute Gasteiger partial charge is 0.129 e. The Hall–Kier alpha value is -1.52. The van der Waals surface area contributed by atoms with Gasteiger partial charge in [0.05, 0.1) is 0 Å². The lowest BCUT2D eigenvalue weighted by molar-refractivity contribution is 0.463. The molecule has 1 aliphatic rings. The van der Waals surface area contributed by atoms with Crippen LogP contribution in [-0.4, -0.2) is 23.4 Å². The molecular formula is C18H22FNOS. The third-order valence-electron chi connectivity index (χ3n) is 3.57. The summed E-state index contributed by atoms with van der Waals surface area (Å²) in [4.78, 5) is 1.41. The van der Waals surface area contributed by atoms with E-state index in [9.17, 15) is 4.39 Å². The van der Waals surface area contributed by atoms with Crippen LogP contribution in [0.3, 0.4) is 0 Å². The fourth-order valence-electron chi connectivity index (χ4n) is 2.20. The summed E-state index contributed by atoms with van der Waals surface area (Å²) in [6.07, 6.45) is 2.61. The standard InChI is InChI=1S/C11H15NS.C7H7FO/c1-2-4-10(5-3-1)13-11-6-8-12-9-7-11;1-5-6(8)3-2-4-7(5)9/h1-5,11-12H,6-9H2;2-4,9H,1H3. The molecule has 0 spiro atoms. The summed E-state index contributed by atoms with van der Waals surface area (Å²) in [6.45, 7) is 3.90. The number of phenols is 1. The molecule has 0 atom stereocenters. The SMILES string of the molecule is Cc1c(O)cccc1F.c1ccc(SC2CCNCC2)cc1. The molecule has 0 bridgehead atoms. The number of hydrogen-bond acceptors (Lipinski definition) is 3. The van der Waals surface area contributed by atoms with Crippen LogP contribution < -0.4 is 5.32 Å². The fourth-order valence-corrected chi connectivity index (χ4v) is 3.37. The fraction of sp³-hybridized carbons (Fsp3) is 0.333. The Morgan fingerprint density at radius 1 is 1.05 bits per heavy atom. The van der Waals surface area contributed by atoms with Crippen molar-refractivity contribution in [2.75, 3.05) is 13.1 Å². The molecule has 0 saturated carbocycles. The average Bonchev–Trinajstić information content (AvgIpc) is 2.55. The summed E-state index contributed by atoms with van der Waals surface area (Å²) >= 11 is 2.02. The number of benzene rings is 2. The molecule has 0 aromatic heterocycles. The first-order chi connectivity index (χ1) is 10.7. The number of hydrogen-bond donors (Lipinski definition) is 2. The van der Waals surface area contributed by atoms with Crippen LogP contribution in [0, 0.1) is 12.7 Å². The molecule has 4 heteroatoms. The summed E-state index contributed by atoms with van der Waals surface area (Å²) in [5.41, 5.74) is 0.303. The minimum atomic E-state index is -0.366. The quantitative estimate of drug-likeness (QED) is 0.862. The van der Waals surface area contributed by atoms with Crippen molar-refractivity contribution in [1.29, 1.82) is 0 Å². The van der Waals surface area contributed by atoms with Crippen LogP contribution in [0.5, 0.6) is 5.75 Å². The highest BCUT2D eigenvalue weighted by molar-refractivity contribution is 8.00. The maximum Gasteiger partial charge on any atom is 0.129 e. The lowest BCUT2D eigenvalue weighted by Crippen LogP contribution is -2.29. The molecule has 22 heavy (non-hydrogen) atoms. The van der Waals surface area contributed by atoms with Crippen molar-refractivity contribution in [3.05, 3.63) is 59.9 Å². The topological polar surface area (TPSA) is 32.3 Å². The molecule has 1 aliphatic heterocycles. The molecule has 2 N–H and O–H groups in total. The molecule has 118 valence electrons. The lowest BCUT2D eigenvalue weighted by Gasteiger charge is -2.21. The summed E-state index contributed by atoms with van der Waals surface area (Å²) in [5.74, 6) is -0.356. The van der Waals surface area contributed by atoms with Gasteiger partial charge in [-0.25, -0.2) is 4.39 Å². The lowest BCUT2D eigenvalue weighted by atomic mass is 10.2. The normalized spacial score (nSPS) is 15.0. The van der Waals surface area contributed by atoms with E-state index in [4.69, 9.17) is 5.11 Å². The second kappa shape index (κ2) is 8.81. The Labute approximate surface area is 135 Å². The van der Waals surface area contributed by atoms with Crippen molar-refractivity contribution in [2.45, 2.75) is 29.9 Å². The Balaban J connectivity index is 0.000000172. The number of nitrogens with one attached hydrogen (secondary N) is 1. The van der Waals surface area contributed by atoms with E-state index in [0.717, 1.165) is 5.25 Å². The van der Waals surface area contributed by atoms with E-state index in [-0.39, 0.29) is 11.6 Å². The summed E-state index contributed by atoms with van der Waals surface area (Å²) in [6, 6.07) is 14.9. The van der Waals surface area contributed by atoms with Crippen LogP contribution in [0.15, 0.2) is 53.4 Å². The Bertz CT molecular complexity index is 550. The van der Waals surface area contributed by atoms with Crippen molar-refractivity contribution < 1.29 is 9.50 Å². The van der Waals surface area contributed by atoms with Gasteiger partial charge in [-0.3, -0.25) is 0 Å². The number of thioether (sulfide) groups is 1. The zero-order valence-corrected chi connectivity index (χ0v) is 13.6. The van der Waals surface area contributed by atoms with Crippen molar-refractivity contribution >= 4 is 11.8 Å².